The number of hydrogen-bond acceptors (Lipinski definition) is 3. The summed E-state index contributed by atoms with van der Waals surface area (Å²) < 4.78 is 12.2. The Hall–Kier alpha value is -1.52. The molecule has 0 bridgehead atoms. The molecule has 0 aliphatic heterocycles. The molecule has 0 amide bonds. The molecule has 0 heterocycles. The normalized spacial score (nSPS) is 10.4. The van der Waals surface area contributed by atoms with Gasteiger partial charge in [0.15, 0.2) is 0 Å². The summed E-state index contributed by atoms with van der Waals surface area (Å²) in [5.41, 5.74) is 1.14. The van der Waals surface area contributed by atoms with Gasteiger partial charge >= 0.3 is 0 Å². The maximum Gasteiger partial charge on any atom is 0.133 e. The zero-order valence-corrected chi connectivity index (χ0v) is 13.9. The van der Waals surface area contributed by atoms with Gasteiger partial charge in [-0.1, -0.05) is 28.9 Å². The molecule has 0 aliphatic carbocycles. The highest BCUT2D eigenvalue weighted by Gasteiger charge is 2.06. The summed E-state index contributed by atoms with van der Waals surface area (Å²) in [5.74, 6) is 2.48. The molecule has 0 spiro atoms. The highest BCUT2D eigenvalue weighted by molar-refractivity contribution is 9.10. The van der Waals surface area contributed by atoms with Crippen molar-refractivity contribution in [3.05, 3.63) is 52.5 Å². The molecule has 4 heteroatoms. The number of nitrogens with one attached hydrogen (secondary N) is 1. The number of methoxy groups -OCH3 is 1. The van der Waals surface area contributed by atoms with Crippen LogP contribution in [0.25, 0.3) is 0 Å². The standard InChI is InChI=1S/C17H20BrNO2/c1-3-10-19-12-13-4-5-14(18)11-17(13)21-16-8-6-15(20-2)7-9-16/h4-9,11,19H,3,10,12H2,1-2H3. The second-order valence-corrected chi connectivity index (χ2v) is 5.62. The number of benzene rings is 2. The highest BCUT2D eigenvalue weighted by Crippen LogP contribution is 2.29. The van der Waals surface area contributed by atoms with Gasteiger partial charge in [-0.25, -0.2) is 0 Å². The third kappa shape index (κ3) is 4.76. The van der Waals surface area contributed by atoms with Crippen LogP contribution in [-0.4, -0.2) is 13.7 Å². The van der Waals surface area contributed by atoms with Crippen molar-refractivity contribution in [3.63, 3.8) is 0 Å². The van der Waals surface area contributed by atoms with E-state index in [9.17, 15) is 0 Å². The van der Waals surface area contributed by atoms with E-state index in [1.54, 1.807) is 7.11 Å². The van der Waals surface area contributed by atoms with Gasteiger partial charge in [0.25, 0.3) is 0 Å². The van der Waals surface area contributed by atoms with Crippen molar-refractivity contribution in [1.82, 2.24) is 5.32 Å². The van der Waals surface area contributed by atoms with E-state index < -0.39 is 0 Å². The number of ether oxygens (including phenoxy) is 2. The van der Waals surface area contributed by atoms with Crippen molar-refractivity contribution in [3.8, 4) is 17.2 Å². The Bertz CT molecular complexity index is 570. The first-order chi connectivity index (χ1) is 10.2. The molecule has 0 unspecified atom stereocenters. The lowest BCUT2D eigenvalue weighted by atomic mass is 10.2. The zero-order chi connectivity index (χ0) is 15.1. The molecule has 2 aromatic carbocycles. The Morgan fingerprint density at radius 2 is 1.76 bits per heavy atom. The smallest absolute Gasteiger partial charge is 0.133 e. The molecule has 0 atom stereocenters. The summed E-state index contributed by atoms with van der Waals surface area (Å²) in [5, 5.41) is 3.40. The third-order valence-corrected chi connectivity index (χ3v) is 3.55. The van der Waals surface area contributed by atoms with Gasteiger partial charge in [-0.15, -0.1) is 0 Å². The molecule has 1 N–H and O–H groups in total. The van der Waals surface area contributed by atoms with Crippen LogP contribution in [0, 0.1) is 0 Å². The predicted molar refractivity (Wildman–Crippen MR) is 89.2 cm³/mol. The molecule has 0 fully saturated rings. The highest BCUT2D eigenvalue weighted by atomic mass is 79.9. The topological polar surface area (TPSA) is 30.5 Å². The van der Waals surface area contributed by atoms with E-state index in [-0.39, 0.29) is 0 Å². The molecule has 0 aliphatic rings. The van der Waals surface area contributed by atoms with Gasteiger partial charge < -0.3 is 14.8 Å². The Morgan fingerprint density at radius 1 is 1.05 bits per heavy atom. The van der Waals surface area contributed by atoms with Crippen LogP contribution in [0.4, 0.5) is 0 Å². The second-order valence-electron chi connectivity index (χ2n) is 4.71. The van der Waals surface area contributed by atoms with Gasteiger partial charge in [0.2, 0.25) is 0 Å². The van der Waals surface area contributed by atoms with E-state index in [1.807, 2.05) is 36.4 Å². The maximum absolute atomic E-state index is 5.99. The third-order valence-electron chi connectivity index (χ3n) is 3.06. The van der Waals surface area contributed by atoms with Crippen LogP contribution in [0.3, 0.4) is 0 Å². The summed E-state index contributed by atoms with van der Waals surface area (Å²) >= 11 is 3.49. The lowest BCUT2D eigenvalue weighted by Gasteiger charge is -2.13. The minimum atomic E-state index is 0.797. The van der Waals surface area contributed by atoms with Crippen molar-refractivity contribution in [2.45, 2.75) is 19.9 Å². The lowest BCUT2D eigenvalue weighted by Crippen LogP contribution is -2.14. The van der Waals surface area contributed by atoms with Crippen LogP contribution in [0.2, 0.25) is 0 Å². The molecule has 2 rings (SSSR count). The number of hydrogen-bond donors (Lipinski definition) is 1. The van der Waals surface area contributed by atoms with E-state index in [0.717, 1.165) is 46.8 Å². The van der Waals surface area contributed by atoms with Gasteiger partial charge in [-0.3, -0.25) is 0 Å². The van der Waals surface area contributed by atoms with Gasteiger partial charge in [0, 0.05) is 16.6 Å². The van der Waals surface area contributed by atoms with Crippen LogP contribution in [0.15, 0.2) is 46.9 Å². The van der Waals surface area contributed by atoms with Gasteiger partial charge in [0.05, 0.1) is 7.11 Å². The van der Waals surface area contributed by atoms with E-state index in [0.29, 0.717) is 0 Å². The first kappa shape index (κ1) is 15.9. The molecule has 21 heavy (non-hydrogen) atoms. The number of rotatable bonds is 7. The molecule has 0 radical (unpaired) electrons. The van der Waals surface area contributed by atoms with Crippen molar-refractivity contribution in [2.75, 3.05) is 13.7 Å². The Labute approximate surface area is 134 Å². The van der Waals surface area contributed by atoms with E-state index in [4.69, 9.17) is 9.47 Å². The lowest BCUT2D eigenvalue weighted by molar-refractivity contribution is 0.412. The van der Waals surface area contributed by atoms with E-state index >= 15 is 0 Å². The van der Waals surface area contributed by atoms with Crippen LogP contribution in [0.1, 0.15) is 18.9 Å². The van der Waals surface area contributed by atoms with E-state index in [1.165, 1.54) is 0 Å². The quantitative estimate of drug-likeness (QED) is 0.731. The Kier molecular flexibility index (Phi) is 6.08. The summed E-state index contributed by atoms with van der Waals surface area (Å²) in [4.78, 5) is 0. The average molecular weight is 350 g/mol. The summed E-state index contributed by atoms with van der Waals surface area (Å²) in [6.45, 7) is 3.95. The monoisotopic (exact) mass is 349 g/mol. The summed E-state index contributed by atoms with van der Waals surface area (Å²) in [7, 11) is 1.65. The van der Waals surface area contributed by atoms with Crippen molar-refractivity contribution in [1.29, 1.82) is 0 Å². The fraction of sp³-hybridized carbons (Fsp3) is 0.294. The molecular formula is C17H20BrNO2. The fourth-order valence-electron chi connectivity index (χ4n) is 1.94. The Morgan fingerprint density at radius 3 is 2.43 bits per heavy atom. The van der Waals surface area contributed by atoms with Gasteiger partial charge in [-0.2, -0.15) is 0 Å². The Balaban J connectivity index is 2.14. The molecule has 112 valence electrons. The molecular weight excluding hydrogens is 330 g/mol. The predicted octanol–water partition coefficient (Wildman–Crippen LogP) is 4.75. The second kappa shape index (κ2) is 8.05. The van der Waals surface area contributed by atoms with Crippen LogP contribution in [0.5, 0.6) is 17.2 Å². The minimum Gasteiger partial charge on any atom is -0.497 e. The van der Waals surface area contributed by atoms with Crippen molar-refractivity contribution >= 4 is 15.9 Å². The maximum atomic E-state index is 5.99. The first-order valence-corrected chi connectivity index (χ1v) is 7.83. The SMILES string of the molecule is CCCNCc1ccc(Br)cc1Oc1ccc(OC)cc1. The van der Waals surface area contributed by atoms with Crippen LogP contribution >= 0.6 is 15.9 Å². The van der Waals surface area contributed by atoms with E-state index in [2.05, 4.69) is 34.2 Å². The van der Waals surface area contributed by atoms with Gasteiger partial charge in [0.1, 0.15) is 17.2 Å². The molecule has 3 nitrogen and oxygen atoms in total. The largest absolute Gasteiger partial charge is 0.497 e. The molecule has 0 saturated heterocycles. The minimum absolute atomic E-state index is 0.797. The van der Waals surface area contributed by atoms with Crippen LogP contribution in [-0.2, 0) is 6.54 Å². The molecule has 2 aromatic rings. The molecule has 0 aromatic heterocycles. The fourth-order valence-corrected chi connectivity index (χ4v) is 2.28. The average Bonchev–Trinajstić information content (AvgIpc) is 2.50. The number of halogens is 1. The summed E-state index contributed by atoms with van der Waals surface area (Å²) in [6.07, 6.45) is 1.12. The van der Waals surface area contributed by atoms with Crippen molar-refractivity contribution in [2.24, 2.45) is 0 Å². The zero-order valence-electron chi connectivity index (χ0n) is 12.4. The first-order valence-electron chi connectivity index (χ1n) is 7.04. The summed E-state index contributed by atoms with van der Waals surface area (Å²) in [6, 6.07) is 13.7. The van der Waals surface area contributed by atoms with Crippen LogP contribution < -0.4 is 14.8 Å². The van der Waals surface area contributed by atoms with Crippen molar-refractivity contribution < 1.29 is 9.47 Å². The van der Waals surface area contributed by atoms with Gasteiger partial charge in [-0.05, 0) is 49.4 Å². The molecule has 0 saturated carbocycles.